The number of esters is 2. The van der Waals surface area contributed by atoms with Crippen LogP contribution in [0.1, 0.15) is 335 Å². The molecular weight excluding hydrogens is 1150 g/mol. The Labute approximate surface area is 574 Å². The summed E-state index contributed by atoms with van der Waals surface area (Å²) >= 11 is 0. The Hall–Kier alpha value is -4.31. The molecule has 1 N–H and O–H groups in total. The van der Waals surface area contributed by atoms with Gasteiger partial charge in [0.1, 0.15) is 13.2 Å². The number of carboxylic acids is 1. The zero-order valence-electron chi connectivity index (χ0n) is 61.1. The smallest absolute Gasteiger partial charge is 0.361 e. The molecule has 0 saturated heterocycles. The van der Waals surface area contributed by atoms with Crippen LogP contribution in [0.5, 0.6) is 0 Å². The van der Waals surface area contributed by atoms with Crippen molar-refractivity contribution in [2.75, 3.05) is 47.5 Å². The highest BCUT2D eigenvalue weighted by Crippen LogP contribution is 2.18. The van der Waals surface area contributed by atoms with E-state index in [0.717, 1.165) is 103 Å². The molecule has 0 bridgehead atoms. The molecule has 0 aliphatic rings. The predicted molar refractivity (Wildman–Crippen MR) is 401 cm³/mol. The average molecular weight is 1300 g/mol. The van der Waals surface area contributed by atoms with E-state index in [0.29, 0.717) is 17.4 Å². The zero-order valence-corrected chi connectivity index (χ0v) is 61.1. The highest BCUT2D eigenvalue weighted by Gasteiger charge is 2.25. The van der Waals surface area contributed by atoms with Crippen LogP contribution in [0.4, 0.5) is 0 Å². The molecule has 9 nitrogen and oxygen atoms in total. The number of aliphatic carboxylic acids is 1. The summed E-state index contributed by atoms with van der Waals surface area (Å²) in [6, 6.07) is 0. The predicted octanol–water partition coefficient (Wildman–Crippen LogP) is 24.7. The van der Waals surface area contributed by atoms with E-state index in [1.54, 1.807) is 0 Å². The second-order valence-corrected chi connectivity index (χ2v) is 26.9. The molecule has 2 unspecified atom stereocenters. The van der Waals surface area contributed by atoms with E-state index < -0.39 is 24.3 Å². The molecule has 534 valence electrons. The number of carbonyl (C=O) groups is 3. The molecular formula is C84H146NO8+. The van der Waals surface area contributed by atoms with Crippen LogP contribution in [-0.4, -0.2) is 87.4 Å². The Balaban J connectivity index is 4.02. The number of likely N-dealkylation sites (N-methyl/N-ethyl adjacent to an activating group) is 1. The summed E-state index contributed by atoms with van der Waals surface area (Å²) in [5, 5.41) is 9.77. The van der Waals surface area contributed by atoms with Crippen molar-refractivity contribution in [2.24, 2.45) is 0 Å². The number of quaternary nitrogens is 1. The van der Waals surface area contributed by atoms with Crippen LogP contribution in [0.25, 0.3) is 0 Å². The van der Waals surface area contributed by atoms with Crippen molar-refractivity contribution in [3.05, 3.63) is 122 Å². The summed E-state index contributed by atoms with van der Waals surface area (Å²) in [6.07, 6.45) is 102. The largest absolute Gasteiger partial charge is 0.477 e. The van der Waals surface area contributed by atoms with E-state index in [-0.39, 0.29) is 32.2 Å². The molecule has 0 aromatic carbocycles. The van der Waals surface area contributed by atoms with Gasteiger partial charge >= 0.3 is 17.9 Å². The van der Waals surface area contributed by atoms with Crippen LogP contribution in [-0.2, 0) is 33.3 Å². The van der Waals surface area contributed by atoms with Crippen LogP contribution in [0, 0.1) is 0 Å². The quantitative estimate of drug-likeness (QED) is 0.0211. The second kappa shape index (κ2) is 73.5. The maximum Gasteiger partial charge on any atom is 0.361 e. The minimum Gasteiger partial charge on any atom is -0.477 e. The van der Waals surface area contributed by atoms with Gasteiger partial charge in [0.05, 0.1) is 34.4 Å². The number of nitrogens with zero attached hydrogens (tertiary/aromatic N) is 1. The van der Waals surface area contributed by atoms with E-state index >= 15 is 0 Å². The topological polar surface area (TPSA) is 108 Å². The van der Waals surface area contributed by atoms with Crippen LogP contribution in [0.3, 0.4) is 0 Å². The van der Waals surface area contributed by atoms with Gasteiger partial charge < -0.3 is 28.5 Å². The van der Waals surface area contributed by atoms with Gasteiger partial charge in [-0.3, -0.25) is 9.59 Å². The molecule has 0 rings (SSSR count). The summed E-state index contributed by atoms with van der Waals surface area (Å²) < 4.78 is 23.0. The van der Waals surface area contributed by atoms with Gasteiger partial charge in [-0.05, 0) is 103 Å². The maximum atomic E-state index is 13.0. The third-order valence-corrected chi connectivity index (χ3v) is 16.7. The number of carboxylic acid groups (broad SMARTS) is 1. The van der Waals surface area contributed by atoms with Gasteiger partial charge in [-0.2, -0.15) is 0 Å². The van der Waals surface area contributed by atoms with Crippen molar-refractivity contribution >= 4 is 17.9 Å². The fourth-order valence-corrected chi connectivity index (χ4v) is 10.9. The Bertz CT molecular complexity index is 1950. The minimum atomic E-state index is -1.52. The highest BCUT2D eigenvalue weighted by atomic mass is 16.7. The fourth-order valence-electron chi connectivity index (χ4n) is 10.9. The highest BCUT2D eigenvalue weighted by molar-refractivity contribution is 5.71. The number of hydrogen-bond acceptors (Lipinski definition) is 7. The van der Waals surface area contributed by atoms with E-state index in [4.69, 9.17) is 18.9 Å². The van der Waals surface area contributed by atoms with Crippen LogP contribution >= 0.6 is 0 Å². The van der Waals surface area contributed by atoms with Gasteiger partial charge in [-0.1, -0.05) is 341 Å². The summed E-state index contributed by atoms with van der Waals surface area (Å²) in [4.78, 5) is 37.7. The summed E-state index contributed by atoms with van der Waals surface area (Å²) in [6.45, 7) is 4.68. The van der Waals surface area contributed by atoms with Gasteiger partial charge in [0.25, 0.3) is 6.29 Å². The number of carbonyl (C=O) groups excluding carboxylic acids is 2. The first-order valence-corrected chi connectivity index (χ1v) is 38.7. The lowest BCUT2D eigenvalue weighted by Gasteiger charge is -2.25. The Morgan fingerprint density at radius 2 is 0.581 bits per heavy atom. The Morgan fingerprint density at radius 1 is 0.323 bits per heavy atom. The molecule has 0 aliphatic carbocycles. The molecule has 0 fully saturated rings. The van der Waals surface area contributed by atoms with E-state index in [9.17, 15) is 19.5 Å². The summed E-state index contributed by atoms with van der Waals surface area (Å²) in [7, 11) is 5.99. The lowest BCUT2D eigenvalue weighted by molar-refractivity contribution is -0.870. The number of hydrogen-bond donors (Lipinski definition) is 1. The third kappa shape index (κ3) is 74.9. The SMILES string of the molecule is CC/C=C\C/C=C\C/C=C\C/C=C\C/C=C\CCCCCCCCCCCCCCCCCCCCCCCCCC(=O)OC(COC(=O)CCCCCCCCCCCCCCC/C=C\C/C=C\C/C=C\C/C=C\C/C=C\CC)COC(OCC[N+](C)(C)C)C(=O)O. The zero-order chi connectivity index (χ0) is 67.5. The van der Waals surface area contributed by atoms with Crippen molar-refractivity contribution < 1.29 is 42.9 Å². The molecule has 0 spiro atoms. The lowest BCUT2D eigenvalue weighted by atomic mass is 10.0. The number of unbranched alkanes of at least 4 members (excludes halogenated alkanes) is 36. The van der Waals surface area contributed by atoms with E-state index in [2.05, 4.69) is 135 Å². The molecule has 0 heterocycles. The van der Waals surface area contributed by atoms with Gasteiger partial charge in [0, 0.05) is 12.8 Å². The van der Waals surface area contributed by atoms with E-state index in [1.165, 1.54) is 205 Å². The monoisotopic (exact) mass is 1300 g/mol. The molecule has 2 atom stereocenters. The minimum absolute atomic E-state index is 0.184. The Kier molecular flexibility index (Phi) is 70.1. The first kappa shape index (κ1) is 88.7. The average Bonchev–Trinajstić information content (AvgIpc) is 3.38. The van der Waals surface area contributed by atoms with Crippen molar-refractivity contribution in [1.82, 2.24) is 0 Å². The van der Waals surface area contributed by atoms with Gasteiger partial charge in [-0.25, -0.2) is 4.79 Å². The second-order valence-electron chi connectivity index (χ2n) is 26.9. The van der Waals surface area contributed by atoms with Crippen molar-refractivity contribution in [3.63, 3.8) is 0 Å². The van der Waals surface area contributed by atoms with Gasteiger partial charge in [0.2, 0.25) is 0 Å². The molecule has 93 heavy (non-hydrogen) atoms. The van der Waals surface area contributed by atoms with Crippen LogP contribution < -0.4 is 0 Å². The molecule has 0 radical (unpaired) electrons. The molecule has 0 amide bonds. The van der Waals surface area contributed by atoms with Gasteiger partial charge in [-0.15, -0.1) is 0 Å². The normalized spacial score (nSPS) is 13.3. The van der Waals surface area contributed by atoms with E-state index in [1.807, 2.05) is 21.1 Å². The van der Waals surface area contributed by atoms with Gasteiger partial charge in [0.15, 0.2) is 6.10 Å². The van der Waals surface area contributed by atoms with Crippen molar-refractivity contribution in [3.8, 4) is 0 Å². The first-order chi connectivity index (χ1) is 45.6. The maximum absolute atomic E-state index is 13.0. The molecule has 9 heteroatoms. The number of allylic oxidation sites excluding steroid dienone is 20. The number of rotatable bonds is 71. The molecule has 0 aliphatic heterocycles. The standard InChI is InChI=1S/C84H145NO8/c1-6-8-10-12-14-16-18-20-22-24-26-28-30-32-34-36-37-38-39-40-41-42-43-44-45-47-49-51-53-55-57-59-61-63-65-67-69-71-73-75-82(87)93-80(79-92-84(83(88)89)90-77-76-85(3,4)5)78-91-81(86)74-72-70-68-66-64-62-60-58-56-54-52-50-48-46-35-33-31-29-27-25-23-21-19-17-15-13-11-9-7-2/h8-11,14-17,20-23,26-29,32-35,80,84H,6-7,12-13,18-19,24-25,30-31,36-79H2,1-5H3/p+1/b10-8-,11-9-,16-14-,17-15-,22-20-,23-21-,28-26-,29-27-,34-32-,35-33-. The van der Waals surface area contributed by atoms with Crippen LogP contribution in [0.15, 0.2) is 122 Å². The fraction of sp³-hybridized carbons (Fsp3) is 0.726. The van der Waals surface area contributed by atoms with Crippen LogP contribution in [0.2, 0.25) is 0 Å². The lowest BCUT2D eigenvalue weighted by Crippen LogP contribution is -2.40. The molecule has 0 saturated carbocycles. The Morgan fingerprint density at radius 3 is 0.860 bits per heavy atom. The summed E-state index contributed by atoms with van der Waals surface area (Å²) in [5.74, 6) is -1.99. The third-order valence-electron chi connectivity index (χ3n) is 16.7. The molecule has 0 aromatic rings. The molecule has 0 aromatic heterocycles. The first-order valence-electron chi connectivity index (χ1n) is 38.7. The number of ether oxygens (including phenoxy) is 4. The van der Waals surface area contributed by atoms with Crippen molar-refractivity contribution in [1.29, 1.82) is 0 Å². The van der Waals surface area contributed by atoms with Crippen molar-refractivity contribution in [2.45, 2.75) is 347 Å². The summed E-state index contributed by atoms with van der Waals surface area (Å²) in [5.41, 5.74) is 0.